The van der Waals surface area contributed by atoms with Crippen molar-refractivity contribution in [3.63, 3.8) is 0 Å². The van der Waals surface area contributed by atoms with Gasteiger partial charge in [-0.05, 0) is 18.1 Å². The first-order valence-corrected chi connectivity index (χ1v) is 10.1. The molecule has 0 fully saturated rings. The summed E-state index contributed by atoms with van der Waals surface area (Å²) >= 11 is 0. The molecule has 2 aromatic carbocycles. The van der Waals surface area contributed by atoms with Gasteiger partial charge in [0.05, 0.1) is 5.75 Å². The first-order chi connectivity index (χ1) is 12.5. The monoisotopic (exact) mass is 374 g/mol. The fraction of sp³-hybridized carbons (Fsp3) is 0.316. The molecule has 0 aromatic heterocycles. The Morgan fingerprint density at radius 1 is 0.923 bits per heavy atom. The molecule has 2 aromatic rings. The summed E-state index contributed by atoms with van der Waals surface area (Å²) in [5.41, 5.74) is 3.28. The lowest BCUT2D eigenvalue weighted by Crippen LogP contribution is -2.40. The van der Waals surface area contributed by atoms with E-state index in [1.54, 1.807) is 7.05 Å². The van der Waals surface area contributed by atoms with Gasteiger partial charge in [-0.15, -0.1) is 0 Å². The van der Waals surface area contributed by atoms with Gasteiger partial charge in [-0.3, -0.25) is 4.99 Å². The lowest BCUT2D eigenvalue weighted by atomic mass is 10.1. The van der Waals surface area contributed by atoms with Crippen LogP contribution in [0.4, 0.5) is 0 Å². The molecule has 0 aliphatic rings. The van der Waals surface area contributed by atoms with Crippen LogP contribution in [0.25, 0.3) is 0 Å². The maximum Gasteiger partial charge on any atom is 0.213 e. The number of guanidine groups is 1. The van der Waals surface area contributed by atoms with Crippen LogP contribution in [0.3, 0.4) is 0 Å². The van der Waals surface area contributed by atoms with Crippen molar-refractivity contribution in [1.82, 2.24) is 15.4 Å². The molecule has 0 aliphatic carbocycles. The molecule has 0 unspecified atom stereocenters. The molecular weight excluding hydrogens is 348 g/mol. The minimum absolute atomic E-state index is 0.0228. The molecule has 0 aliphatic heterocycles. The molecular formula is C19H26N4O2S. The molecule has 0 atom stereocenters. The molecule has 3 N–H and O–H groups in total. The van der Waals surface area contributed by atoms with Crippen LogP contribution >= 0.6 is 0 Å². The van der Waals surface area contributed by atoms with Gasteiger partial charge in [0, 0.05) is 26.7 Å². The lowest BCUT2D eigenvalue weighted by Gasteiger charge is -2.12. The number of aliphatic imine (C=N–C) groups is 1. The van der Waals surface area contributed by atoms with E-state index in [1.165, 1.54) is 5.56 Å². The largest absolute Gasteiger partial charge is 0.355 e. The van der Waals surface area contributed by atoms with Crippen molar-refractivity contribution in [1.29, 1.82) is 0 Å². The van der Waals surface area contributed by atoms with E-state index in [2.05, 4.69) is 32.5 Å². The maximum atomic E-state index is 12.1. The van der Waals surface area contributed by atoms with Crippen molar-refractivity contribution in [2.75, 3.05) is 19.3 Å². The molecule has 0 spiro atoms. The van der Waals surface area contributed by atoms with Crippen molar-refractivity contribution in [3.05, 3.63) is 71.3 Å². The second-order valence-corrected chi connectivity index (χ2v) is 7.89. The van der Waals surface area contributed by atoms with E-state index in [-0.39, 0.29) is 12.3 Å². The second-order valence-electron chi connectivity index (χ2n) is 5.96. The zero-order valence-corrected chi connectivity index (χ0v) is 16.0. The zero-order valence-electron chi connectivity index (χ0n) is 15.2. The number of sulfonamides is 1. The molecule has 0 saturated heterocycles. The number of hydrogen-bond donors (Lipinski definition) is 3. The summed E-state index contributed by atoms with van der Waals surface area (Å²) in [4.78, 5) is 4.11. The van der Waals surface area contributed by atoms with Gasteiger partial charge in [-0.2, -0.15) is 0 Å². The number of rotatable bonds is 8. The third-order valence-corrected chi connectivity index (χ3v) is 5.13. The van der Waals surface area contributed by atoms with Crippen molar-refractivity contribution in [2.24, 2.45) is 4.99 Å². The third-order valence-electron chi connectivity index (χ3n) is 3.81. The molecule has 2 rings (SSSR count). The molecule has 0 saturated carbocycles. The molecule has 0 radical (unpaired) electrons. The summed E-state index contributed by atoms with van der Waals surface area (Å²) in [5, 5.41) is 6.20. The Morgan fingerprint density at radius 2 is 1.58 bits per heavy atom. The van der Waals surface area contributed by atoms with Gasteiger partial charge < -0.3 is 10.6 Å². The highest BCUT2D eigenvalue weighted by atomic mass is 32.2. The molecule has 6 nitrogen and oxygen atoms in total. The van der Waals surface area contributed by atoms with E-state index in [4.69, 9.17) is 0 Å². The van der Waals surface area contributed by atoms with Crippen molar-refractivity contribution >= 4 is 16.0 Å². The predicted molar refractivity (Wildman–Crippen MR) is 106 cm³/mol. The van der Waals surface area contributed by atoms with Crippen LogP contribution in [0.1, 0.15) is 16.7 Å². The summed E-state index contributed by atoms with van der Waals surface area (Å²) < 4.78 is 26.7. The van der Waals surface area contributed by atoms with Crippen LogP contribution in [0.5, 0.6) is 0 Å². The summed E-state index contributed by atoms with van der Waals surface area (Å²) in [7, 11) is -1.69. The minimum Gasteiger partial charge on any atom is -0.355 e. The minimum atomic E-state index is -3.35. The number of hydrogen-bond acceptors (Lipinski definition) is 3. The maximum absolute atomic E-state index is 12.1. The van der Waals surface area contributed by atoms with Crippen molar-refractivity contribution in [2.45, 2.75) is 20.0 Å². The highest BCUT2D eigenvalue weighted by Gasteiger charge is 2.10. The Hall–Kier alpha value is -2.38. The van der Waals surface area contributed by atoms with Gasteiger partial charge in [0.15, 0.2) is 5.96 Å². The molecule has 0 bridgehead atoms. The SMILES string of the molecule is CN=C(NCCS(=O)(=O)NCc1ccccc1)NCc1ccc(C)cc1. The van der Waals surface area contributed by atoms with Gasteiger partial charge in [0.2, 0.25) is 10.0 Å². The number of nitrogens with one attached hydrogen (secondary N) is 3. The number of nitrogens with zero attached hydrogens (tertiary/aromatic N) is 1. The van der Waals surface area contributed by atoms with Crippen LogP contribution in [-0.4, -0.2) is 33.7 Å². The fourth-order valence-electron chi connectivity index (χ4n) is 2.28. The average Bonchev–Trinajstić information content (AvgIpc) is 2.65. The van der Waals surface area contributed by atoms with Crippen LogP contribution in [0, 0.1) is 6.92 Å². The quantitative estimate of drug-likeness (QED) is 0.486. The lowest BCUT2D eigenvalue weighted by molar-refractivity contribution is 0.580. The van der Waals surface area contributed by atoms with Crippen molar-refractivity contribution in [3.8, 4) is 0 Å². The van der Waals surface area contributed by atoms with Crippen molar-refractivity contribution < 1.29 is 8.42 Å². The Morgan fingerprint density at radius 3 is 2.23 bits per heavy atom. The van der Waals surface area contributed by atoms with E-state index >= 15 is 0 Å². The van der Waals surface area contributed by atoms with E-state index in [1.807, 2.05) is 49.4 Å². The number of benzene rings is 2. The predicted octanol–water partition coefficient (Wildman–Crippen LogP) is 1.78. The Bertz CT molecular complexity index is 803. The molecule has 7 heteroatoms. The summed E-state index contributed by atoms with van der Waals surface area (Å²) in [6, 6.07) is 17.6. The summed E-state index contributed by atoms with van der Waals surface area (Å²) in [6.45, 7) is 3.24. The van der Waals surface area contributed by atoms with E-state index in [0.717, 1.165) is 11.1 Å². The van der Waals surface area contributed by atoms with Gasteiger partial charge in [0.1, 0.15) is 0 Å². The fourth-order valence-corrected chi connectivity index (χ4v) is 3.18. The zero-order chi connectivity index (χ0) is 18.8. The third kappa shape index (κ3) is 7.25. The van der Waals surface area contributed by atoms with Crippen LogP contribution in [0.2, 0.25) is 0 Å². The Kier molecular flexibility index (Phi) is 7.62. The first kappa shape index (κ1) is 19.9. The standard InChI is InChI=1S/C19H26N4O2S/c1-16-8-10-18(11-9-16)14-22-19(20-2)21-12-13-26(24,25)23-15-17-6-4-3-5-7-17/h3-11,23H,12-15H2,1-2H3,(H2,20,21,22). The van der Waals surface area contributed by atoms with Gasteiger partial charge in [0.25, 0.3) is 0 Å². The molecule has 140 valence electrons. The molecule has 26 heavy (non-hydrogen) atoms. The van der Waals surface area contributed by atoms with Gasteiger partial charge in [-0.25, -0.2) is 13.1 Å². The van der Waals surface area contributed by atoms with Gasteiger partial charge >= 0.3 is 0 Å². The smallest absolute Gasteiger partial charge is 0.213 e. The summed E-state index contributed by atoms with van der Waals surface area (Å²) in [6.07, 6.45) is 0. The second kappa shape index (κ2) is 9.94. The van der Waals surface area contributed by atoms with Crippen LogP contribution in [-0.2, 0) is 23.1 Å². The first-order valence-electron chi connectivity index (χ1n) is 8.50. The summed E-state index contributed by atoms with van der Waals surface area (Å²) in [5.74, 6) is 0.550. The highest BCUT2D eigenvalue weighted by molar-refractivity contribution is 7.89. The van der Waals surface area contributed by atoms with Crippen LogP contribution < -0.4 is 15.4 Å². The topological polar surface area (TPSA) is 82.6 Å². The highest BCUT2D eigenvalue weighted by Crippen LogP contribution is 2.02. The Balaban J connectivity index is 1.72. The van der Waals surface area contributed by atoms with Gasteiger partial charge in [-0.1, -0.05) is 60.2 Å². The molecule has 0 amide bonds. The van der Waals surface area contributed by atoms with E-state index in [0.29, 0.717) is 19.0 Å². The molecule has 0 heterocycles. The average molecular weight is 375 g/mol. The Labute approximate surface area is 155 Å². The van der Waals surface area contributed by atoms with Crippen LogP contribution in [0.15, 0.2) is 59.6 Å². The van der Waals surface area contributed by atoms with E-state index < -0.39 is 10.0 Å². The number of aryl methyl sites for hydroxylation is 1. The van der Waals surface area contributed by atoms with E-state index in [9.17, 15) is 8.42 Å². The normalized spacial score (nSPS) is 12.0.